The van der Waals surface area contributed by atoms with Crippen LogP contribution in [-0.2, 0) is 22.1 Å². The topological polar surface area (TPSA) is 46.6 Å². The van der Waals surface area contributed by atoms with Crippen LogP contribution in [-0.4, -0.2) is 29.5 Å². The van der Waals surface area contributed by atoms with Crippen LogP contribution in [0.5, 0.6) is 0 Å². The van der Waals surface area contributed by atoms with E-state index in [0.717, 1.165) is 28.7 Å². The van der Waals surface area contributed by atoms with Gasteiger partial charge in [-0.1, -0.05) is 42.5 Å². The largest absolute Gasteiger partial charge is 0.447 e. The number of carbonyl (C=O) groups is 2. The summed E-state index contributed by atoms with van der Waals surface area (Å²) in [6.45, 7) is 0.0802. The Hall–Kier alpha value is -3.09. The smallest absolute Gasteiger partial charge is 0.417 e. The third kappa shape index (κ3) is 4.55. The van der Waals surface area contributed by atoms with Gasteiger partial charge in [0.1, 0.15) is 6.61 Å². The third-order valence-corrected chi connectivity index (χ3v) is 4.14. The highest BCUT2D eigenvalue weighted by molar-refractivity contribution is 6.02. The fourth-order valence-corrected chi connectivity index (χ4v) is 2.83. The highest BCUT2D eigenvalue weighted by atomic mass is 19.4. The van der Waals surface area contributed by atoms with Crippen molar-refractivity contribution in [3.63, 3.8) is 0 Å². The second-order valence-corrected chi connectivity index (χ2v) is 6.09. The van der Waals surface area contributed by atoms with Crippen molar-refractivity contribution >= 4 is 18.1 Å². The van der Waals surface area contributed by atoms with Gasteiger partial charge in [-0.2, -0.15) is 13.2 Å². The van der Waals surface area contributed by atoms with Gasteiger partial charge >= 0.3 is 12.3 Å². The molecule has 1 aliphatic heterocycles. The summed E-state index contributed by atoms with van der Waals surface area (Å²) in [6, 6.07) is 13.5. The summed E-state index contributed by atoms with van der Waals surface area (Å²) < 4.78 is 43.3. The summed E-state index contributed by atoms with van der Waals surface area (Å²) in [4.78, 5) is 25.3. The van der Waals surface area contributed by atoms with Gasteiger partial charge in [-0.05, 0) is 35.8 Å². The lowest BCUT2D eigenvalue weighted by Gasteiger charge is -2.18. The zero-order valence-corrected chi connectivity index (χ0v) is 14.1. The summed E-state index contributed by atoms with van der Waals surface area (Å²) >= 11 is 0. The van der Waals surface area contributed by atoms with Gasteiger partial charge < -0.3 is 4.74 Å². The number of benzene rings is 2. The molecule has 0 radical (unpaired) electrons. The minimum Gasteiger partial charge on any atom is -0.447 e. The second-order valence-electron chi connectivity index (χ2n) is 6.09. The lowest BCUT2D eigenvalue weighted by atomic mass is 10.1. The number of halogens is 3. The molecule has 2 aromatic rings. The van der Waals surface area contributed by atoms with E-state index in [2.05, 4.69) is 0 Å². The van der Waals surface area contributed by atoms with Gasteiger partial charge in [-0.15, -0.1) is 0 Å². The molecule has 0 bridgehead atoms. The Balaban J connectivity index is 1.74. The molecule has 27 heavy (non-hydrogen) atoms. The van der Waals surface area contributed by atoms with Gasteiger partial charge in [-0.25, -0.2) is 9.69 Å². The highest BCUT2D eigenvalue weighted by Crippen LogP contribution is 2.29. The van der Waals surface area contributed by atoms with Crippen LogP contribution < -0.4 is 0 Å². The molecule has 1 heterocycles. The number of hydrogen-bond donors (Lipinski definition) is 0. The summed E-state index contributed by atoms with van der Waals surface area (Å²) in [5, 5.41) is 0. The van der Waals surface area contributed by atoms with E-state index in [1.165, 1.54) is 18.2 Å². The minimum absolute atomic E-state index is 0.0802. The maximum Gasteiger partial charge on any atom is 0.417 e. The molecule has 2 aromatic carbocycles. The van der Waals surface area contributed by atoms with Crippen molar-refractivity contribution < 1.29 is 27.5 Å². The first-order valence-electron chi connectivity index (χ1n) is 8.24. The average molecular weight is 375 g/mol. The van der Waals surface area contributed by atoms with Gasteiger partial charge in [0.25, 0.3) is 5.91 Å². The number of rotatable bonds is 4. The van der Waals surface area contributed by atoms with Crippen LogP contribution >= 0.6 is 0 Å². The zero-order chi connectivity index (χ0) is 19.4. The summed E-state index contributed by atoms with van der Waals surface area (Å²) in [5.41, 5.74) is 0.352. The molecule has 0 saturated carbocycles. The maximum absolute atomic E-state index is 12.8. The van der Waals surface area contributed by atoms with Crippen LogP contribution in [0.2, 0.25) is 0 Å². The lowest BCUT2D eigenvalue weighted by molar-refractivity contribution is -0.137. The van der Waals surface area contributed by atoms with Crippen molar-refractivity contribution in [2.45, 2.75) is 18.6 Å². The number of alkyl halides is 3. The molecule has 0 N–H and O–H groups in total. The fourth-order valence-electron chi connectivity index (χ4n) is 2.83. The van der Waals surface area contributed by atoms with Crippen LogP contribution in [0.4, 0.5) is 18.0 Å². The standard InChI is InChI=1S/C20H16F3NO3/c21-20(22,23)16-8-4-7-15(11-16)9-10-18(25)24-17(13-27-19(24)26)12-14-5-2-1-3-6-14/h1-11,17H,12-13H2/t17-/m0/s1. The predicted octanol–water partition coefficient (Wildman–Crippen LogP) is 4.31. The molecule has 0 aliphatic carbocycles. The van der Waals surface area contributed by atoms with Crippen LogP contribution in [0.15, 0.2) is 60.7 Å². The molecule has 1 fully saturated rings. The molecule has 4 nitrogen and oxygen atoms in total. The normalized spacial score (nSPS) is 17.4. The molecule has 7 heteroatoms. The Labute approximate surface area is 153 Å². The van der Waals surface area contributed by atoms with E-state index < -0.39 is 29.8 Å². The van der Waals surface area contributed by atoms with Crippen LogP contribution in [0, 0.1) is 0 Å². The number of amides is 2. The molecule has 1 aliphatic rings. The average Bonchev–Trinajstić information content (AvgIpc) is 3.00. The molecule has 0 unspecified atom stereocenters. The first-order valence-corrected chi connectivity index (χ1v) is 8.24. The Bertz CT molecular complexity index is 862. The number of ether oxygens (including phenoxy) is 1. The molecule has 0 aromatic heterocycles. The van der Waals surface area contributed by atoms with Crippen molar-refractivity contribution in [1.29, 1.82) is 0 Å². The van der Waals surface area contributed by atoms with E-state index in [0.29, 0.717) is 6.42 Å². The third-order valence-electron chi connectivity index (χ3n) is 4.14. The molecule has 1 saturated heterocycles. The predicted molar refractivity (Wildman–Crippen MR) is 92.6 cm³/mol. The highest BCUT2D eigenvalue weighted by Gasteiger charge is 2.36. The molecule has 2 amide bonds. The van der Waals surface area contributed by atoms with E-state index in [9.17, 15) is 22.8 Å². The monoisotopic (exact) mass is 375 g/mol. The van der Waals surface area contributed by atoms with Crippen molar-refractivity contribution in [1.82, 2.24) is 4.90 Å². The van der Waals surface area contributed by atoms with Crippen LogP contribution in [0.3, 0.4) is 0 Å². The molecular formula is C20H16F3NO3. The van der Waals surface area contributed by atoms with Crippen molar-refractivity contribution in [3.05, 3.63) is 77.4 Å². The Morgan fingerprint density at radius 3 is 2.59 bits per heavy atom. The molecule has 0 spiro atoms. The molecule has 1 atom stereocenters. The van der Waals surface area contributed by atoms with Gasteiger partial charge in [0.15, 0.2) is 0 Å². The summed E-state index contributed by atoms with van der Waals surface area (Å²) in [5.74, 6) is -0.629. The van der Waals surface area contributed by atoms with E-state index in [1.54, 1.807) is 0 Å². The SMILES string of the molecule is O=C(C=Cc1cccc(C(F)(F)F)c1)N1C(=O)OC[C@@H]1Cc1ccccc1. The molecular weight excluding hydrogens is 359 g/mol. The number of hydrogen-bond acceptors (Lipinski definition) is 3. The van der Waals surface area contributed by atoms with Crippen molar-refractivity contribution in [2.75, 3.05) is 6.61 Å². The molecule has 3 rings (SSSR count). The Morgan fingerprint density at radius 2 is 1.89 bits per heavy atom. The van der Waals surface area contributed by atoms with E-state index in [-0.39, 0.29) is 12.2 Å². The van der Waals surface area contributed by atoms with Crippen molar-refractivity contribution in [3.8, 4) is 0 Å². The maximum atomic E-state index is 12.8. The lowest BCUT2D eigenvalue weighted by Crippen LogP contribution is -2.39. The number of nitrogens with zero attached hydrogens (tertiary/aromatic N) is 1. The molecule has 140 valence electrons. The van der Waals surface area contributed by atoms with Crippen molar-refractivity contribution in [2.24, 2.45) is 0 Å². The quantitative estimate of drug-likeness (QED) is 0.749. The van der Waals surface area contributed by atoms with Gasteiger partial charge in [0.05, 0.1) is 11.6 Å². The number of cyclic esters (lactones) is 1. The Kier molecular flexibility index (Phi) is 5.30. The number of imide groups is 1. The zero-order valence-electron chi connectivity index (χ0n) is 14.1. The summed E-state index contributed by atoms with van der Waals surface area (Å²) in [6.07, 6.45) is -2.44. The van der Waals surface area contributed by atoms with E-state index in [1.807, 2.05) is 30.3 Å². The van der Waals surface area contributed by atoms with Crippen LogP contribution in [0.1, 0.15) is 16.7 Å². The fraction of sp³-hybridized carbons (Fsp3) is 0.200. The summed E-state index contributed by atoms with van der Waals surface area (Å²) in [7, 11) is 0. The van der Waals surface area contributed by atoms with E-state index in [4.69, 9.17) is 4.74 Å². The Morgan fingerprint density at radius 1 is 1.15 bits per heavy atom. The van der Waals surface area contributed by atoms with E-state index >= 15 is 0 Å². The minimum atomic E-state index is -4.46. The van der Waals surface area contributed by atoms with Gasteiger partial charge in [-0.3, -0.25) is 4.79 Å². The first-order chi connectivity index (χ1) is 12.8. The first kappa shape index (κ1) is 18.7. The number of carbonyl (C=O) groups excluding carboxylic acids is 2. The van der Waals surface area contributed by atoms with Gasteiger partial charge in [0, 0.05) is 6.08 Å². The van der Waals surface area contributed by atoms with Gasteiger partial charge in [0.2, 0.25) is 0 Å². The second kappa shape index (κ2) is 7.65. The van der Waals surface area contributed by atoms with Crippen LogP contribution in [0.25, 0.3) is 6.08 Å².